The Morgan fingerprint density at radius 1 is 1.36 bits per heavy atom. The summed E-state index contributed by atoms with van der Waals surface area (Å²) in [7, 11) is 0. The van der Waals surface area contributed by atoms with E-state index in [9.17, 15) is 10.0 Å². The Labute approximate surface area is 153 Å². The van der Waals surface area contributed by atoms with Crippen LogP contribution in [0.5, 0.6) is 5.75 Å². The number of carbonyl (C=O) groups excluding carboxylic acids is 1. The van der Waals surface area contributed by atoms with Gasteiger partial charge < -0.3 is 4.74 Å². The van der Waals surface area contributed by atoms with Crippen molar-refractivity contribution in [2.75, 3.05) is 11.3 Å². The second kappa shape index (κ2) is 8.74. The van der Waals surface area contributed by atoms with Gasteiger partial charge in [-0.2, -0.15) is 5.06 Å². The summed E-state index contributed by atoms with van der Waals surface area (Å²) in [5.74, 6) is 0.785. The first-order chi connectivity index (χ1) is 12.0. The number of rotatable bonds is 6. The number of ether oxygens (including phenoxy) is 1. The molecule has 0 atom stereocenters. The fraction of sp³-hybridized carbons (Fsp3) is 0.250. The number of carbonyl (C=O) groups is 1. The molecule has 0 saturated heterocycles. The van der Waals surface area contributed by atoms with Gasteiger partial charge in [-0.05, 0) is 36.8 Å². The van der Waals surface area contributed by atoms with E-state index in [0.717, 1.165) is 29.5 Å². The van der Waals surface area contributed by atoms with Crippen LogP contribution in [0.4, 0.5) is 10.5 Å². The summed E-state index contributed by atoms with van der Waals surface area (Å²) in [5, 5.41) is 10.5. The molecule has 2 aromatic rings. The lowest BCUT2D eigenvalue weighted by Crippen LogP contribution is -2.25. The normalized spacial score (nSPS) is 10.4. The van der Waals surface area contributed by atoms with Gasteiger partial charge >= 0.3 is 5.24 Å². The highest BCUT2D eigenvalue weighted by atomic mass is 32.2. The van der Waals surface area contributed by atoms with Crippen molar-refractivity contribution < 1.29 is 14.7 Å². The van der Waals surface area contributed by atoms with Crippen molar-refractivity contribution in [1.82, 2.24) is 0 Å². The highest BCUT2D eigenvalue weighted by molar-refractivity contribution is 8.13. The van der Waals surface area contributed by atoms with Crippen LogP contribution < -0.4 is 9.80 Å². The maximum absolute atomic E-state index is 11.9. The Balaban J connectivity index is 2.30. The Kier molecular flexibility index (Phi) is 6.67. The maximum atomic E-state index is 11.9. The molecule has 25 heavy (non-hydrogen) atoms. The number of thioether (sulfide) groups is 1. The third kappa shape index (κ3) is 4.44. The van der Waals surface area contributed by atoms with E-state index in [0.29, 0.717) is 21.9 Å². The number of anilines is 1. The van der Waals surface area contributed by atoms with Crippen LogP contribution in [0.2, 0.25) is 0 Å². The number of hydroxylamine groups is 1. The molecule has 132 valence electrons. The summed E-state index contributed by atoms with van der Waals surface area (Å²) in [5.41, 5.74) is 4.10. The summed E-state index contributed by atoms with van der Waals surface area (Å²) in [6.07, 6.45) is 4.21. The molecule has 0 saturated carbocycles. The van der Waals surface area contributed by atoms with Crippen LogP contribution >= 0.6 is 11.8 Å². The number of benzene rings is 2. The quantitative estimate of drug-likeness (QED) is 0.551. The molecular formula is C20H23NO3S. The predicted molar refractivity (Wildman–Crippen MR) is 105 cm³/mol. The summed E-state index contributed by atoms with van der Waals surface area (Å²) in [6, 6.07) is 11.6. The maximum Gasteiger partial charge on any atom is 0.309 e. The molecule has 4 nitrogen and oxygen atoms in total. The van der Waals surface area contributed by atoms with E-state index in [2.05, 4.69) is 19.6 Å². The van der Waals surface area contributed by atoms with E-state index in [4.69, 9.17) is 4.74 Å². The van der Waals surface area contributed by atoms with Crippen molar-refractivity contribution in [3.8, 4) is 5.75 Å². The summed E-state index contributed by atoms with van der Waals surface area (Å²) in [6.45, 7) is 8.11. The van der Waals surface area contributed by atoms with Gasteiger partial charge in [-0.15, -0.1) is 0 Å². The predicted octanol–water partition coefficient (Wildman–Crippen LogP) is 5.46. The van der Waals surface area contributed by atoms with Crippen LogP contribution in [-0.4, -0.2) is 16.7 Å². The van der Waals surface area contributed by atoms with Crippen molar-refractivity contribution in [2.24, 2.45) is 0 Å². The van der Waals surface area contributed by atoms with Gasteiger partial charge in [0.1, 0.15) is 12.4 Å². The van der Waals surface area contributed by atoms with E-state index in [1.165, 1.54) is 5.56 Å². The Hall–Kier alpha value is -2.24. The SMILES string of the molecule is C=Cc1cccc(COc2ccc(CC)cc2C)c1N(O)C(=O)SC. The summed E-state index contributed by atoms with van der Waals surface area (Å²) >= 11 is 0.939. The number of nitrogens with zero attached hydrogens (tertiary/aromatic N) is 1. The first kappa shape index (κ1) is 19.1. The van der Waals surface area contributed by atoms with Crippen molar-refractivity contribution in [3.63, 3.8) is 0 Å². The smallest absolute Gasteiger partial charge is 0.309 e. The monoisotopic (exact) mass is 357 g/mol. The number of hydrogen-bond donors (Lipinski definition) is 1. The van der Waals surface area contributed by atoms with Crippen molar-refractivity contribution in [3.05, 3.63) is 65.2 Å². The first-order valence-electron chi connectivity index (χ1n) is 8.05. The van der Waals surface area contributed by atoms with Crippen LogP contribution in [0.3, 0.4) is 0 Å². The van der Waals surface area contributed by atoms with Gasteiger partial charge in [0, 0.05) is 11.1 Å². The first-order valence-corrected chi connectivity index (χ1v) is 9.27. The molecule has 1 N–H and O–H groups in total. The van der Waals surface area contributed by atoms with Crippen LogP contribution in [0.15, 0.2) is 43.0 Å². The topological polar surface area (TPSA) is 49.8 Å². The van der Waals surface area contributed by atoms with Crippen molar-refractivity contribution in [2.45, 2.75) is 26.9 Å². The van der Waals surface area contributed by atoms with Gasteiger partial charge in [0.05, 0.1) is 5.69 Å². The number of aryl methyl sites for hydroxylation is 2. The molecule has 0 fully saturated rings. The van der Waals surface area contributed by atoms with Gasteiger partial charge in [0.25, 0.3) is 0 Å². The molecule has 0 aliphatic carbocycles. The summed E-state index contributed by atoms with van der Waals surface area (Å²) < 4.78 is 5.94. The van der Waals surface area contributed by atoms with Crippen LogP contribution in [0, 0.1) is 6.92 Å². The third-order valence-electron chi connectivity index (χ3n) is 3.96. The van der Waals surface area contributed by atoms with Crippen LogP contribution in [-0.2, 0) is 13.0 Å². The zero-order valence-electron chi connectivity index (χ0n) is 14.8. The molecule has 0 heterocycles. The van der Waals surface area contributed by atoms with Gasteiger partial charge in [0.15, 0.2) is 0 Å². The Morgan fingerprint density at radius 3 is 2.72 bits per heavy atom. The lowest BCUT2D eigenvalue weighted by atomic mass is 10.1. The number of para-hydroxylation sites is 1. The highest BCUT2D eigenvalue weighted by Gasteiger charge is 2.19. The fourth-order valence-electron chi connectivity index (χ4n) is 2.58. The van der Waals surface area contributed by atoms with E-state index in [1.807, 2.05) is 31.2 Å². The molecule has 0 unspecified atom stereocenters. The van der Waals surface area contributed by atoms with Crippen LogP contribution in [0.25, 0.3) is 6.08 Å². The molecule has 0 aromatic heterocycles. The summed E-state index contributed by atoms with van der Waals surface area (Å²) in [4.78, 5) is 11.9. The Bertz CT molecular complexity index is 774. The lowest BCUT2D eigenvalue weighted by molar-refractivity contribution is 0.223. The van der Waals surface area contributed by atoms with Crippen molar-refractivity contribution >= 4 is 28.8 Å². The minimum Gasteiger partial charge on any atom is -0.489 e. The average molecular weight is 357 g/mol. The third-order valence-corrected chi connectivity index (χ3v) is 4.48. The van der Waals surface area contributed by atoms with Gasteiger partial charge in [-0.1, -0.05) is 61.7 Å². The van der Waals surface area contributed by atoms with Gasteiger partial charge in [0.2, 0.25) is 0 Å². The molecule has 0 radical (unpaired) electrons. The molecule has 0 aliphatic rings. The average Bonchev–Trinajstić information content (AvgIpc) is 2.65. The van der Waals surface area contributed by atoms with E-state index < -0.39 is 5.24 Å². The van der Waals surface area contributed by atoms with E-state index in [1.54, 1.807) is 18.4 Å². The largest absolute Gasteiger partial charge is 0.489 e. The minimum absolute atomic E-state index is 0.238. The number of amides is 1. The lowest BCUT2D eigenvalue weighted by Gasteiger charge is -2.20. The second-order valence-corrected chi connectivity index (χ2v) is 6.34. The number of hydrogen-bond acceptors (Lipinski definition) is 4. The van der Waals surface area contributed by atoms with Crippen molar-refractivity contribution in [1.29, 1.82) is 0 Å². The molecule has 0 spiro atoms. The molecule has 2 aromatic carbocycles. The van der Waals surface area contributed by atoms with Gasteiger partial charge in [-0.3, -0.25) is 10.0 Å². The Morgan fingerprint density at radius 2 is 2.12 bits per heavy atom. The fourth-order valence-corrected chi connectivity index (χ4v) is 2.84. The molecule has 0 bridgehead atoms. The zero-order valence-corrected chi connectivity index (χ0v) is 15.6. The molecule has 0 aliphatic heterocycles. The molecular weight excluding hydrogens is 334 g/mol. The zero-order chi connectivity index (χ0) is 18.4. The van der Waals surface area contributed by atoms with E-state index >= 15 is 0 Å². The standard InChI is InChI=1S/C20H23NO3S/c1-5-15-10-11-18(14(3)12-15)24-13-17-9-7-8-16(6-2)19(17)21(23)20(22)25-4/h6-12,23H,2,5,13H2,1,3-4H3. The molecule has 1 amide bonds. The van der Waals surface area contributed by atoms with E-state index in [-0.39, 0.29) is 6.61 Å². The minimum atomic E-state index is -0.459. The molecule has 5 heteroatoms. The highest BCUT2D eigenvalue weighted by Crippen LogP contribution is 2.29. The van der Waals surface area contributed by atoms with Crippen LogP contribution in [0.1, 0.15) is 29.2 Å². The molecule has 2 rings (SSSR count). The second-order valence-electron chi connectivity index (χ2n) is 5.58. The van der Waals surface area contributed by atoms with Gasteiger partial charge in [-0.25, -0.2) is 0 Å².